The van der Waals surface area contributed by atoms with Crippen molar-refractivity contribution in [1.82, 2.24) is 9.97 Å². The fourth-order valence-corrected chi connectivity index (χ4v) is 5.45. The zero-order valence-corrected chi connectivity index (χ0v) is 18.3. The molecule has 10 heteroatoms. The van der Waals surface area contributed by atoms with Crippen molar-refractivity contribution < 1.29 is 8.42 Å². The molecule has 7 nitrogen and oxygen atoms in total. The third kappa shape index (κ3) is 3.79. The molecule has 4 aromatic rings. The van der Waals surface area contributed by atoms with E-state index >= 15 is 0 Å². The first-order valence-corrected chi connectivity index (χ1v) is 11.5. The Morgan fingerprint density at radius 3 is 2.23 bits per heavy atom. The molecule has 0 spiro atoms. The molecule has 0 bridgehead atoms. The Balaban J connectivity index is 1.72. The lowest BCUT2D eigenvalue weighted by Crippen LogP contribution is -2.29. The zero-order valence-electron chi connectivity index (χ0n) is 15.9. The molecule has 0 saturated heterocycles. The molecule has 0 radical (unpaired) electrons. The van der Waals surface area contributed by atoms with E-state index in [4.69, 9.17) is 11.6 Å². The second-order valence-electron chi connectivity index (χ2n) is 6.82. The number of hydrogen-bond acceptors (Lipinski definition) is 5. The fraction of sp³-hybridized carbons (Fsp3) is 0.100. The van der Waals surface area contributed by atoms with Gasteiger partial charge in [0.25, 0.3) is 10.0 Å². The van der Waals surface area contributed by atoms with Gasteiger partial charge in [0.15, 0.2) is 0 Å². The van der Waals surface area contributed by atoms with Gasteiger partial charge in [-0.15, -0.1) is 11.3 Å². The highest BCUT2D eigenvalue weighted by Crippen LogP contribution is 2.33. The SMILES string of the molecule is Cc1cc(-c2ccc(NS(=O)(=O)c3cc4[nH]c(=O)c(=O)[nH]c4cc3C)cc2Cl)cs1. The summed E-state index contributed by atoms with van der Waals surface area (Å²) in [5, 5.41) is 2.41. The highest BCUT2D eigenvalue weighted by atomic mass is 35.5. The maximum atomic E-state index is 13.0. The topological polar surface area (TPSA) is 112 Å². The molecule has 0 fully saturated rings. The van der Waals surface area contributed by atoms with E-state index in [9.17, 15) is 18.0 Å². The molecule has 30 heavy (non-hydrogen) atoms. The number of benzene rings is 2. The Morgan fingerprint density at radius 2 is 1.63 bits per heavy atom. The Labute approximate surface area is 180 Å². The molecule has 154 valence electrons. The molecule has 2 heterocycles. The van der Waals surface area contributed by atoms with Gasteiger partial charge in [-0.25, -0.2) is 8.42 Å². The van der Waals surface area contributed by atoms with Gasteiger partial charge in [0.05, 0.1) is 26.6 Å². The van der Waals surface area contributed by atoms with Crippen LogP contribution in [0.4, 0.5) is 5.69 Å². The molecule has 4 rings (SSSR count). The van der Waals surface area contributed by atoms with Crippen LogP contribution in [0.5, 0.6) is 0 Å². The number of rotatable bonds is 4. The van der Waals surface area contributed by atoms with E-state index in [1.54, 1.807) is 36.5 Å². The molecular weight excluding hydrogens is 446 g/mol. The maximum Gasteiger partial charge on any atom is 0.314 e. The third-order valence-electron chi connectivity index (χ3n) is 4.57. The number of halogens is 1. The first kappa shape index (κ1) is 20.4. The molecule has 0 atom stereocenters. The zero-order chi connectivity index (χ0) is 21.6. The Kier molecular flexibility index (Phi) is 5.05. The number of aromatic nitrogens is 2. The molecule has 0 unspecified atom stereocenters. The lowest BCUT2D eigenvalue weighted by atomic mass is 10.1. The summed E-state index contributed by atoms with van der Waals surface area (Å²) in [6.45, 7) is 3.60. The van der Waals surface area contributed by atoms with Crippen molar-refractivity contribution in [2.24, 2.45) is 0 Å². The second kappa shape index (κ2) is 7.42. The Morgan fingerprint density at radius 1 is 0.967 bits per heavy atom. The molecule has 2 aromatic carbocycles. The van der Waals surface area contributed by atoms with Gasteiger partial charge in [0.1, 0.15) is 0 Å². The fourth-order valence-electron chi connectivity index (χ4n) is 3.15. The average molecular weight is 462 g/mol. The van der Waals surface area contributed by atoms with Crippen molar-refractivity contribution in [3.05, 3.63) is 77.9 Å². The van der Waals surface area contributed by atoms with Crippen LogP contribution < -0.4 is 15.8 Å². The summed E-state index contributed by atoms with van der Waals surface area (Å²) in [6, 6.07) is 9.78. The summed E-state index contributed by atoms with van der Waals surface area (Å²) in [6.07, 6.45) is 0. The summed E-state index contributed by atoms with van der Waals surface area (Å²) in [5.74, 6) is 0. The molecule has 0 aliphatic carbocycles. The number of sulfonamides is 1. The average Bonchev–Trinajstić information content (AvgIpc) is 3.08. The Hall–Kier alpha value is -2.88. The predicted molar refractivity (Wildman–Crippen MR) is 120 cm³/mol. The Bertz CT molecular complexity index is 1520. The molecule has 0 amide bonds. The summed E-state index contributed by atoms with van der Waals surface area (Å²) >= 11 is 7.99. The number of aryl methyl sites for hydroxylation is 2. The van der Waals surface area contributed by atoms with Crippen LogP contribution in [-0.4, -0.2) is 18.4 Å². The predicted octanol–water partition coefficient (Wildman–Crippen LogP) is 4.02. The minimum absolute atomic E-state index is 0.0219. The summed E-state index contributed by atoms with van der Waals surface area (Å²) in [5.41, 5.74) is 1.41. The van der Waals surface area contributed by atoms with Crippen molar-refractivity contribution in [2.75, 3.05) is 4.72 Å². The van der Waals surface area contributed by atoms with E-state index in [1.807, 2.05) is 18.4 Å². The lowest BCUT2D eigenvalue weighted by molar-refractivity contribution is 0.600. The summed E-state index contributed by atoms with van der Waals surface area (Å²) < 4.78 is 28.5. The van der Waals surface area contributed by atoms with E-state index < -0.39 is 21.1 Å². The van der Waals surface area contributed by atoms with Crippen LogP contribution >= 0.6 is 22.9 Å². The maximum absolute atomic E-state index is 13.0. The number of fused-ring (bicyclic) bond motifs is 1. The van der Waals surface area contributed by atoms with Gasteiger partial charge in [0, 0.05) is 10.4 Å². The number of nitrogens with one attached hydrogen (secondary N) is 3. The van der Waals surface area contributed by atoms with E-state index in [2.05, 4.69) is 14.7 Å². The van der Waals surface area contributed by atoms with Crippen molar-refractivity contribution >= 4 is 49.7 Å². The third-order valence-corrected chi connectivity index (χ3v) is 7.27. The van der Waals surface area contributed by atoms with Gasteiger partial charge >= 0.3 is 11.1 Å². The van der Waals surface area contributed by atoms with Crippen molar-refractivity contribution in [2.45, 2.75) is 18.7 Å². The van der Waals surface area contributed by atoms with E-state index in [-0.39, 0.29) is 10.4 Å². The van der Waals surface area contributed by atoms with E-state index in [1.165, 1.54) is 12.1 Å². The van der Waals surface area contributed by atoms with Gasteiger partial charge < -0.3 is 9.97 Å². The van der Waals surface area contributed by atoms with E-state index in [0.29, 0.717) is 21.8 Å². The smallest absolute Gasteiger partial charge is 0.314 e. The number of aromatic amines is 2. The minimum atomic E-state index is -3.97. The highest BCUT2D eigenvalue weighted by Gasteiger charge is 2.19. The van der Waals surface area contributed by atoms with Crippen LogP contribution in [-0.2, 0) is 10.0 Å². The first-order valence-electron chi connectivity index (χ1n) is 8.79. The normalized spacial score (nSPS) is 11.7. The van der Waals surface area contributed by atoms with Gasteiger partial charge in [-0.05, 0) is 60.7 Å². The minimum Gasteiger partial charge on any atom is -0.316 e. The molecule has 0 aliphatic heterocycles. The van der Waals surface area contributed by atoms with Crippen LogP contribution in [0.3, 0.4) is 0 Å². The first-order chi connectivity index (χ1) is 14.1. The standard InChI is InChI=1S/C20H16ClN3O4S2/c1-10-5-16-17(23-20(26)19(25)22-16)8-18(10)30(27,28)24-13-3-4-14(15(21)7-13)12-6-11(2)29-9-12/h3-9,24H,1-2H3,(H,22,25)(H,23,26). The number of thiophene rings is 1. The van der Waals surface area contributed by atoms with Gasteiger partial charge in [-0.2, -0.15) is 0 Å². The lowest BCUT2D eigenvalue weighted by Gasteiger charge is -2.12. The molecular formula is C20H16ClN3O4S2. The van der Waals surface area contributed by atoms with Crippen molar-refractivity contribution in [3.8, 4) is 11.1 Å². The number of anilines is 1. The second-order valence-corrected chi connectivity index (χ2v) is 9.99. The van der Waals surface area contributed by atoms with Gasteiger partial charge in [0.2, 0.25) is 0 Å². The summed E-state index contributed by atoms with van der Waals surface area (Å²) in [4.78, 5) is 29.0. The molecule has 0 saturated carbocycles. The molecule has 2 aromatic heterocycles. The highest BCUT2D eigenvalue weighted by molar-refractivity contribution is 7.92. The van der Waals surface area contributed by atoms with Crippen LogP contribution in [0.1, 0.15) is 10.4 Å². The quantitative estimate of drug-likeness (QED) is 0.398. The molecule has 0 aliphatic rings. The summed E-state index contributed by atoms with van der Waals surface area (Å²) in [7, 11) is -3.97. The number of H-pyrrole nitrogens is 2. The molecule has 3 N–H and O–H groups in total. The van der Waals surface area contributed by atoms with Crippen molar-refractivity contribution in [3.63, 3.8) is 0 Å². The van der Waals surface area contributed by atoms with Crippen LogP contribution in [0.2, 0.25) is 5.02 Å². The van der Waals surface area contributed by atoms with Gasteiger partial charge in [-0.1, -0.05) is 17.7 Å². The van der Waals surface area contributed by atoms with Gasteiger partial charge in [-0.3, -0.25) is 14.3 Å². The van der Waals surface area contributed by atoms with Crippen molar-refractivity contribution in [1.29, 1.82) is 0 Å². The van der Waals surface area contributed by atoms with Crippen LogP contribution in [0.15, 0.2) is 56.3 Å². The monoisotopic (exact) mass is 461 g/mol. The number of hydrogen-bond donors (Lipinski definition) is 3. The van der Waals surface area contributed by atoms with Crippen LogP contribution in [0, 0.1) is 13.8 Å². The van der Waals surface area contributed by atoms with Crippen LogP contribution in [0.25, 0.3) is 22.2 Å². The largest absolute Gasteiger partial charge is 0.316 e. The van der Waals surface area contributed by atoms with E-state index in [0.717, 1.165) is 16.0 Å².